The molecular weight excluding hydrogens is 601 g/mol. The molecule has 2 atom stereocenters. The number of esters is 1. The van der Waals surface area contributed by atoms with E-state index in [0.29, 0.717) is 51.3 Å². The molecule has 3 N–H and O–H groups in total. The molecule has 0 bridgehead atoms. The zero-order valence-electron chi connectivity index (χ0n) is 25.8. The Bertz CT molecular complexity index is 1610. The number of hydrogen-bond donors (Lipinski definition) is 2. The number of nitrogen functional groups attached to an aromatic ring is 1. The minimum absolute atomic E-state index is 0.0526. The Balaban J connectivity index is 1.16. The summed E-state index contributed by atoms with van der Waals surface area (Å²) in [4.78, 5) is 36.1. The number of anilines is 3. The average Bonchev–Trinajstić information content (AvgIpc) is 3.45. The number of ether oxygens (including phenoxy) is 2. The van der Waals surface area contributed by atoms with Gasteiger partial charge in [-0.05, 0) is 66.8 Å². The maximum Gasteiger partial charge on any atom is 0.429 e. The lowest BCUT2D eigenvalue weighted by atomic mass is 9.76. The van der Waals surface area contributed by atoms with Crippen molar-refractivity contribution in [1.29, 1.82) is 0 Å². The van der Waals surface area contributed by atoms with E-state index in [1.165, 1.54) is 18.2 Å². The summed E-state index contributed by atoms with van der Waals surface area (Å²) in [5.41, 5.74) is 9.25. The van der Waals surface area contributed by atoms with E-state index in [1.807, 2.05) is 23.1 Å². The van der Waals surface area contributed by atoms with E-state index < -0.39 is 12.3 Å². The van der Waals surface area contributed by atoms with E-state index in [4.69, 9.17) is 15.2 Å². The Kier molecular flexibility index (Phi) is 8.53. The Morgan fingerprint density at radius 2 is 1.80 bits per heavy atom. The molecule has 3 aliphatic heterocycles. The molecule has 1 unspecified atom stereocenters. The van der Waals surface area contributed by atoms with Crippen LogP contribution in [0.1, 0.15) is 49.8 Å². The minimum atomic E-state index is -4.73. The number of nitrogens with zero attached hydrogens (tertiary/aromatic N) is 4. The van der Waals surface area contributed by atoms with E-state index >= 15 is 0 Å². The van der Waals surface area contributed by atoms with Gasteiger partial charge in [0.05, 0.1) is 6.61 Å². The van der Waals surface area contributed by atoms with Gasteiger partial charge in [-0.25, -0.2) is 0 Å². The van der Waals surface area contributed by atoms with Gasteiger partial charge in [-0.2, -0.15) is 23.1 Å². The first kappa shape index (κ1) is 31.6. The van der Waals surface area contributed by atoms with Crippen molar-refractivity contribution in [3.63, 3.8) is 0 Å². The van der Waals surface area contributed by atoms with Crippen molar-refractivity contribution in [3.05, 3.63) is 59.7 Å². The predicted octanol–water partition coefficient (Wildman–Crippen LogP) is 4.83. The van der Waals surface area contributed by atoms with E-state index in [-0.39, 0.29) is 40.7 Å². The van der Waals surface area contributed by atoms with Crippen LogP contribution in [0.4, 0.5) is 30.6 Å². The van der Waals surface area contributed by atoms with Crippen LogP contribution in [0.3, 0.4) is 0 Å². The van der Waals surface area contributed by atoms with Crippen molar-refractivity contribution >= 4 is 29.3 Å². The van der Waals surface area contributed by atoms with Gasteiger partial charge in [0, 0.05) is 50.4 Å². The largest absolute Gasteiger partial charge is 0.465 e. The number of nitrogens with one attached hydrogen (secondary N) is 1. The third-order valence-corrected chi connectivity index (χ3v) is 9.29. The van der Waals surface area contributed by atoms with Crippen LogP contribution in [0.15, 0.2) is 48.5 Å². The molecule has 2 aromatic carbocycles. The molecule has 6 rings (SSSR count). The van der Waals surface area contributed by atoms with E-state index in [2.05, 4.69) is 15.3 Å². The number of amides is 1. The molecule has 1 aromatic heterocycles. The van der Waals surface area contributed by atoms with Gasteiger partial charge < -0.3 is 30.3 Å². The number of piperidine rings is 1. The van der Waals surface area contributed by atoms with Crippen LogP contribution in [0.25, 0.3) is 11.1 Å². The van der Waals surface area contributed by atoms with Crippen molar-refractivity contribution in [2.45, 2.75) is 57.3 Å². The molecular formula is C33H37F3N6O4. The molecule has 3 aliphatic rings. The monoisotopic (exact) mass is 638 g/mol. The number of aryl methyl sites for hydroxylation is 1. The molecule has 46 heavy (non-hydrogen) atoms. The number of halogens is 3. The summed E-state index contributed by atoms with van der Waals surface area (Å²) in [5.74, 6) is -0.259. The molecule has 0 saturated carbocycles. The molecule has 10 nitrogen and oxygen atoms in total. The maximum atomic E-state index is 14.4. The second-order valence-electron chi connectivity index (χ2n) is 12.3. The van der Waals surface area contributed by atoms with Gasteiger partial charge in [0.1, 0.15) is 11.9 Å². The fourth-order valence-corrected chi connectivity index (χ4v) is 6.70. The number of carbonyl (C=O) groups is 2. The van der Waals surface area contributed by atoms with Gasteiger partial charge in [-0.15, -0.1) is 0 Å². The van der Waals surface area contributed by atoms with Gasteiger partial charge in [0.15, 0.2) is 0 Å². The quantitative estimate of drug-likeness (QED) is 0.351. The molecule has 13 heteroatoms. The first-order chi connectivity index (χ1) is 21.9. The topological polar surface area (TPSA) is 123 Å². The second kappa shape index (κ2) is 12.4. The number of nitrogens with two attached hydrogens (primary N) is 1. The standard InChI is InChI=1S/C33H37F3N6O4/c1-3-45-30(44)24-18-32(19-38-24)12-14-42(15-13-32)26-17-27(40-31(37)39-26)46-29(33(34,35)36)21-6-4-20(5-7-21)22-8-10-25-23(16-22)9-11-28(43)41(25)2/h4-8,10,16-17,24,29,38H,3,9,11-15,18-19H2,1-2H3,(H2,37,39,40)/t24?,29-/m1/s1. The SMILES string of the molecule is CCOC(=O)C1CC2(CCN(c3cc(O[C@H](c4ccc(-c5ccc6c(c5)CCC(=O)N6C)cc4)C(F)(F)F)nc(N)n3)CC2)CN1. The van der Waals surface area contributed by atoms with Crippen LogP contribution >= 0.6 is 0 Å². The molecule has 3 aromatic rings. The third kappa shape index (κ3) is 6.46. The van der Waals surface area contributed by atoms with Crippen LogP contribution in [0, 0.1) is 5.41 Å². The number of benzene rings is 2. The number of carbonyl (C=O) groups excluding carboxylic acids is 2. The lowest BCUT2D eigenvalue weighted by molar-refractivity contribution is -0.198. The molecule has 2 saturated heterocycles. The van der Waals surface area contributed by atoms with Crippen LogP contribution < -0.4 is 25.6 Å². The minimum Gasteiger partial charge on any atom is -0.465 e. The second-order valence-corrected chi connectivity index (χ2v) is 12.3. The van der Waals surface area contributed by atoms with Crippen LogP contribution in [0.2, 0.25) is 0 Å². The summed E-state index contributed by atoms with van der Waals surface area (Å²) in [6.45, 7) is 3.98. The highest BCUT2D eigenvalue weighted by molar-refractivity contribution is 5.96. The van der Waals surface area contributed by atoms with Crippen LogP contribution in [-0.2, 0) is 20.7 Å². The normalized spacial score (nSPS) is 20.0. The van der Waals surface area contributed by atoms with Crippen LogP contribution in [-0.4, -0.2) is 67.4 Å². The van der Waals surface area contributed by atoms with Gasteiger partial charge >= 0.3 is 12.1 Å². The van der Waals surface area contributed by atoms with E-state index in [1.54, 1.807) is 31.0 Å². The number of alkyl halides is 3. The van der Waals surface area contributed by atoms with E-state index in [9.17, 15) is 22.8 Å². The van der Waals surface area contributed by atoms with Gasteiger partial charge in [-0.1, -0.05) is 30.3 Å². The zero-order valence-corrected chi connectivity index (χ0v) is 25.8. The highest BCUT2D eigenvalue weighted by atomic mass is 19.4. The average molecular weight is 639 g/mol. The highest BCUT2D eigenvalue weighted by Gasteiger charge is 2.45. The van der Waals surface area contributed by atoms with Crippen molar-refractivity contribution in [3.8, 4) is 17.0 Å². The number of rotatable bonds is 7. The fourth-order valence-electron chi connectivity index (χ4n) is 6.70. The summed E-state index contributed by atoms with van der Waals surface area (Å²) in [6.07, 6.45) is -3.76. The predicted molar refractivity (Wildman–Crippen MR) is 166 cm³/mol. The number of fused-ring (bicyclic) bond motifs is 1. The van der Waals surface area contributed by atoms with Gasteiger partial charge in [0.25, 0.3) is 0 Å². The fraction of sp³-hybridized carbons (Fsp3) is 0.455. The van der Waals surface area contributed by atoms with Crippen molar-refractivity contribution in [2.24, 2.45) is 5.41 Å². The first-order valence-electron chi connectivity index (χ1n) is 15.5. The number of hydrogen-bond acceptors (Lipinski definition) is 9. The Morgan fingerprint density at radius 3 is 2.50 bits per heavy atom. The lowest BCUT2D eigenvalue weighted by Gasteiger charge is -2.39. The van der Waals surface area contributed by atoms with Crippen molar-refractivity contribution < 1.29 is 32.2 Å². The van der Waals surface area contributed by atoms with Crippen LogP contribution in [0.5, 0.6) is 5.88 Å². The summed E-state index contributed by atoms with van der Waals surface area (Å²) in [6, 6.07) is 12.8. The molecule has 4 heterocycles. The maximum absolute atomic E-state index is 14.4. The lowest BCUT2D eigenvalue weighted by Crippen LogP contribution is -2.41. The Morgan fingerprint density at radius 1 is 1.09 bits per heavy atom. The summed E-state index contributed by atoms with van der Waals surface area (Å²) in [7, 11) is 1.74. The molecule has 1 amide bonds. The molecule has 0 aliphatic carbocycles. The Labute approximate surface area is 265 Å². The van der Waals surface area contributed by atoms with Gasteiger partial charge in [-0.3, -0.25) is 9.59 Å². The zero-order chi connectivity index (χ0) is 32.6. The Hall–Kier alpha value is -4.39. The molecule has 244 valence electrons. The third-order valence-electron chi connectivity index (χ3n) is 9.29. The number of aromatic nitrogens is 2. The smallest absolute Gasteiger partial charge is 0.429 e. The van der Waals surface area contributed by atoms with Crippen molar-refractivity contribution in [1.82, 2.24) is 15.3 Å². The highest BCUT2D eigenvalue weighted by Crippen LogP contribution is 2.42. The molecule has 0 radical (unpaired) electrons. The first-order valence-corrected chi connectivity index (χ1v) is 15.5. The van der Waals surface area contributed by atoms with E-state index in [0.717, 1.165) is 35.2 Å². The summed E-state index contributed by atoms with van der Waals surface area (Å²) < 4.78 is 53.7. The summed E-state index contributed by atoms with van der Waals surface area (Å²) in [5, 5.41) is 3.28. The van der Waals surface area contributed by atoms with Crippen molar-refractivity contribution in [2.75, 3.05) is 48.8 Å². The summed E-state index contributed by atoms with van der Waals surface area (Å²) >= 11 is 0. The molecule has 1 spiro atoms. The van der Waals surface area contributed by atoms with Gasteiger partial charge in [0.2, 0.25) is 23.8 Å². The molecule has 2 fully saturated rings.